The van der Waals surface area contributed by atoms with Gasteiger partial charge in [-0.25, -0.2) is 9.37 Å². The average molecular weight is 379 g/mol. The minimum absolute atomic E-state index is 0.0757. The maximum Gasteiger partial charge on any atom is 0.227 e. The zero-order chi connectivity index (χ0) is 16.2. The maximum atomic E-state index is 13.6. The SMILES string of the molecule is O=C(Cc1ccccc1F)N1CCC(Oc2ccc(Br)cn2)C1. The van der Waals surface area contributed by atoms with Gasteiger partial charge in [-0.15, -0.1) is 0 Å². The number of pyridine rings is 1. The van der Waals surface area contributed by atoms with E-state index in [2.05, 4.69) is 20.9 Å². The van der Waals surface area contributed by atoms with E-state index >= 15 is 0 Å². The lowest BCUT2D eigenvalue weighted by Gasteiger charge is -2.17. The first kappa shape index (κ1) is 15.9. The third-order valence-electron chi connectivity index (χ3n) is 3.78. The van der Waals surface area contributed by atoms with Crippen LogP contribution in [0.5, 0.6) is 5.88 Å². The van der Waals surface area contributed by atoms with Crippen molar-refractivity contribution in [2.24, 2.45) is 0 Å². The Morgan fingerprint density at radius 2 is 2.17 bits per heavy atom. The van der Waals surface area contributed by atoms with Crippen molar-refractivity contribution >= 4 is 21.8 Å². The minimum Gasteiger partial charge on any atom is -0.472 e. The van der Waals surface area contributed by atoms with E-state index in [9.17, 15) is 9.18 Å². The fraction of sp³-hybridized carbons (Fsp3) is 0.294. The van der Waals surface area contributed by atoms with E-state index in [0.29, 0.717) is 24.5 Å². The number of hydrogen-bond donors (Lipinski definition) is 0. The van der Waals surface area contributed by atoms with Crippen LogP contribution in [0.2, 0.25) is 0 Å². The average Bonchev–Trinajstić information content (AvgIpc) is 3.00. The molecule has 1 unspecified atom stereocenters. The van der Waals surface area contributed by atoms with Crippen LogP contribution in [0, 0.1) is 5.82 Å². The van der Waals surface area contributed by atoms with Crippen molar-refractivity contribution < 1.29 is 13.9 Å². The van der Waals surface area contributed by atoms with Crippen molar-refractivity contribution in [3.63, 3.8) is 0 Å². The summed E-state index contributed by atoms with van der Waals surface area (Å²) in [6.07, 6.45) is 2.43. The van der Waals surface area contributed by atoms with Crippen molar-refractivity contribution in [2.75, 3.05) is 13.1 Å². The predicted molar refractivity (Wildman–Crippen MR) is 87.7 cm³/mol. The first-order valence-corrected chi connectivity index (χ1v) is 8.20. The molecule has 0 bridgehead atoms. The molecule has 0 radical (unpaired) electrons. The number of halogens is 2. The van der Waals surface area contributed by atoms with Gasteiger partial charge in [-0.1, -0.05) is 18.2 Å². The minimum atomic E-state index is -0.341. The largest absolute Gasteiger partial charge is 0.472 e. The van der Waals surface area contributed by atoms with Crippen LogP contribution in [-0.4, -0.2) is 35.0 Å². The summed E-state index contributed by atoms with van der Waals surface area (Å²) < 4.78 is 20.3. The smallest absolute Gasteiger partial charge is 0.227 e. The molecule has 1 aliphatic rings. The Kier molecular flexibility index (Phi) is 4.91. The van der Waals surface area contributed by atoms with Gasteiger partial charge in [0.05, 0.1) is 13.0 Å². The maximum absolute atomic E-state index is 13.6. The number of amides is 1. The number of rotatable bonds is 4. The number of benzene rings is 1. The second-order valence-corrected chi connectivity index (χ2v) is 6.37. The summed E-state index contributed by atoms with van der Waals surface area (Å²) in [4.78, 5) is 18.2. The van der Waals surface area contributed by atoms with Crippen LogP contribution in [0.15, 0.2) is 47.1 Å². The fourth-order valence-corrected chi connectivity index (χ4v) is 2.80. The molecule has 4 nitrogen and oxygen atoms in total. The molecule has 1 fully saturated rings. The molecular formula is C17H16BrFN2O2. The Labute approximate surface area is 142 Å². The lowest BCUT2D eigenvalue weighted by Crippen LogP contribution is -2.32. The van der Waals surface area contributed by atoms with Crippen LogP contribution >= 0.6 is 15.9 Å². The second-order valence-electron chi connectivity index (χ2n) is 5.45. The van der Waals surface area contributed by atoms with Crippen molar-refractivity contribution in [1.82, 2.24) is 9.88 Å². The number of ether oxygens (including phenoxy) is 1. The molecule has 2 heterocycles. The van der Waals surface area contributed by atoms with Crippen LogP contribution in [-0.2, 0) is 11.2 Å². The molecule has 1 atom stereocenters. The molecule has 6 heteroatoms. The highest BCUT2D eigenvalue weighted by atomic mass is 79.9. The van der Waals surface area contributed by atoms with Gasteiger partial charge in [-0.05, 0) is 33.6 Å². The molecule has 1 saturated heterocycles. The molecule has 1 amide bonds. The highest BCUT2D eigenvalue weighted by molar-refractivity contribution is 9.10. The van der Waals surface area contributed by atoms with E-state index < -0.39 is 0 Å². The van der Waals surface area contributed by atoms with Crippen LogP contribution in [0.1, 0.15) is 12.0 Å². The highest BCUT2D eigenvalue weighted by Gasteiger charge is 2.28. The van der Waals surface area contributed by atoms with E-state index in [0.717, 1.165) is 10.9 Å². The molecular weight excluding hydrogens is 363 g/mol. The Morgan fingerprint density at radius 1 is 1.35 bits per heavy atom. The van der Waals surface area contributed by atoms with Crippen LogP contribution < -0.4 is 4.74 Å². The zero-order valence-corrected chi connectivity index (χ0v) is 14.0. The number of carbonyl (C=O) groups is 1. The van der Waals surface area contributed by atoms with Crippen LogP contribution in [0.4, 0.5) is 4.39 Å². The third kappa shape index (κ3) is 4.07. The molecule has 0 aliphatic carbocycles. The summed E-state index contributed by atoms with van der Waals surface area (Å²) in [5, 5.41) is 0. The van der Waals surface area contributed by atoms with E-state index in [1.165, 1.54) is 6.07 Å². The van der Waals surface area contributed by atoms with Crippen LogP contribution in [0.3, 0.4) is 0 Å². The number of likely N-dealkylation sites (tertiary alicyclic amines) is 1. The van der Waals surface area contributed by atoms with Gasteiger partial charge in [0, 0.05) is 29.7 Å². The summed E-state index contributed by atoms with van der Waals surface area (Å²) in [5.41, 5.74) is 0.427. The third-order valence-corrected chi connectivity index (χ3v) is 4.25. The molecule has 1 aromatic carbocycles. The van der Waals surface area contributed by atoms with Gasteiger partial charge < -0.3 is 9.64 Å². The summed E-state index contributed by atoms with van der Waals surface area (Å²) in [7, 11) is 0. The zero-order valence-electron chi connectivity index (χ0n) is 12.4. The van der Waals surface area contributed by atoms with E-state index in [4.69, 9.17) is 4.74 Å². The monoisotopic (exact) mass is 378 g/mol. The number of hydrogen-bond acceptors (Lipinski definition) is 3. The molecule has 120 valence electrons. The van der Waals surface area contributed by atoms with Gasteiger partial charge in [-0.2, -0.15) is 0 Å². The Morgan fingerprint density at radius 3 is 2.91 bits per heavy atom. The molecule has 1 aliphatic heterocycles. The standard InChI is InChI=1S/C17H16BrFN2O2/c18-13-5-6-16(20-10-13)23-14-7-8-21(11-14)17(22)9-12-3-1-2-4-15(12)19/h1-6,10,14H,7-9,11H2. The Bertz CT molecular complexity index is 693. The van der Waals surface area contributed by atoms with Crippen molar-refractivity contribution in [3.05, 3.63) is 58.4 Å². The predicted octanol–water partition coefficient (Wildman–Crippen LogP) is 3.21. The topological polar surface area (TPSA) is 42.4 Å². The molecule has 0 spiro atoms. The van der Waals surface area contributed by atoms with Gasteiger partial charge in [-0.3, -0.25) is 4.79 Å². The van der Waals surface area contributed by atoms with E-state index in [-0.39, 0.29) is 24.2 Å². The molecule has 1 aromatic heterocycles. The first-order chi connectivity index (χ1) is 11.1. The van der Waals surface area contributed by atoms with Gasteiger partial charge >= 0.3 is 0 Å². The number of nitrogens with zero attached hydrogens (tertiary/aromatic N) is 2. The normalized spacial score (nSPS) is 17.3. The summed E-state index contributed by atoms with van der Waals surface area (Å²) in [6, 6.07) is 10.0. The summed E-state index contributed by atoms with van der Waals surface area (Å²) >= 11 is 3.32. The number of aromatic nitrogens is 1. The van der Waals surface area contributed by atoms with Crippen molar-refractivity contribution in [1.29, 1.82) is 0 Å². The molecule has 2 aromatic rings. The Hall–Kier alpha value is -1.95. The van der Waals surface area contributed by atoms with Crippen molar-refractivity contribution in [2.45, 2.75) is 18.9 Å². The van der Waals surface area contributed by atoms with Crippen molar-refractivity contribution in [3.8, 4) is 5.88 Å². The quantitative estimate of drug-likeness (QED) is 0.820. The van der Waals surface area contributed by atoms with Crippen LogP contribution in [0.25, 0.3) is 0 Å². The highest BCUT2D eigenvalue weighted by Crippen LogP contribution is 2.19. The van der Waals surface area contributed by atoms with Gasteiger partial charge in [0.1, 0.15) is 11.9 Å². The van der Waals surface area contributed by atoms with Gasteiger partial charge in [0.2, 0.25) is 11.8 Å². The van der Waals surface area contributed by atoms with Gasteiger partial charge in [0.25, 0.3) is 0 Å². The second kappa shape index (κ2) is 7.08. The van der Waals surface area contributed by atoms with Gasteiger partial charge in [0.15, 0.2) is 0 Å². The van der Waals surface area contributed by atoms with E-state index in [1.54, 1.807) is 35.4 Å². The fourth-order valence-electron chi connectivity index (χ4n) is 2.57. The Balaban J connectivity index is 1.55. The number of carbonyl (C=O) groups excluding carboxylic acids is 1. The summed E-state index contributed by atoms with van der Waals surface area (Å²) in [6.45, 7) is 1.12. The molecule has 0 N–H and O–H groups in total. The molecule has 3 rings (SSSR count). The lowest BCUT2D eigenvalue weighted by molar-refractivity contribution is -0.129. The molecule has 0 saturated carbocycles. The molecule has 23 heavy (non-hydrogen) atoms. The lowest BCUT2D eigenvalue weighted by atomic mass is 10.1. The first-order valence-electron chi connectivity index (χ1n) is 7.41. The van der Waals surface area contributed by atoms with E-state index in [1.807, 2.05) is 6.07 Å². The summed E-state index contributed by atoms with van der Waals surface area (Å²) in [5.74, 6) is 0.124.